The molecule has 1 aromatic rings. The van der Waals surface area contributed by atoms with Gasteiger partial charge in [0, 0.05) is 22.7 Å². The first kappa shape index (κ1) is 12.9. The van der Waals surface area contributed by atoms with Gasteiger partial charge in [0.1, 0.15) is 5.82 Å². The average Bonchev–Trinajstić information content (AvgIpc) is 3.13. The summed E-state index contributed by atoms with van der Waals surface area (Å²) in [6, 6.07) is 5.81. The maximum absolute atomic E-state index is 13.3. The van der Waals surface area contributed by atoms with E-state index in [4.69, 9.17) is 0 Å². The summed E-state index contributed by atoms with van der Waals surface area (Å²) in [7, 11) is 0. The van der Waals surface area contributed by atoms with E-state index in [1.165, 1.54) is 17.7 Å². The van der Waals surface area contributed by atoms with Crippen molar-refractivity contribution in [2.75, 3.05) is 0 Å². The second-order valence-electron chi connectivity index (χ2n) is 4.74. The third-order valence-corrected chi connectivity index (χ3v) is 4.47. The maximum Gasteiger partial charge on any atom is 0.123 e. The van der Waals surface area contributed by atoms with Gasteiger partial charge in [0.15, 0.2) is 0 Å². The average molecular weight is 253 g/mol. The minimum atomic E-state index is -0.133. The Hall–Kier alpha value is -0.540. The third-order valence-electron chi connectivity index (χ3n) is 3.08. The molecule has 17 heavy (non-hydrogen) atoms. The third kappa shape index (κ3) is 4.00. The van der Waals surface area contributed by atoms with Gasteiger partial charge in [0.25, 0.3) is 0 Å². The van der Waals surface area contributed by atoms with Crippen LogP contribution in [0.3, 0.4) is 0 Å². The monoisotopic (exact) mass is 253 g/mol. The van der Waals surface area contributed by atoms with Crippen molar-refractivity contribution in [1.29, 1.82) is 0 Å². The number of thioether (sulfide) groups is 1. The van der Waals surface area contributed by atoms with E-state index in [2.05, 4.69) is 19.2 Å². The Morgan fingerprint density at radius 3 is 2.88 bits per heavy atom. The normalized spacial score (nSPS) is 17.1. The fourth-order valence-corrected chi connectivity index (χ4v) is 2.67. The predicted molar refractivity (Wildman–Crippen MR) is 71.9 cm³/mol. The largest absolute Gasteiger partial charge is 0.310 e. The first-order chi connectivity index (χ1) is 8.19. The van der Waals surface area contributed by atoms with Crippen molar-refractivity contribution in [1.82, 2.24) is 5.32 Å². The molecule has 0 bridgehead atoms. The van der Waals surface area contributed by atoms with E-state index in [9.17, 15) is 4.39 Å². The van der Waals surface area contributed by atoms with Crippen LogP contribution in [-0.4, -0.2) is 11.3 Å². The maximum atomic E-state index is 13.3. The lowest BCUT2D eigenvalue weighted by Crippen LogP contribution is -2.16. The molecule has 0 amide bonds. The number of nitrogens with one attached hydrogen (secondary N) is 1. The minimum Gasteiger partial charge on any atom is -0.310 e. The summed E-state index contributed by atoms with van der Waals surface area (Å²) >= 11 is 1.84. The van der Waals surface area contributed by atoms with Gasteiger partial charge in [-0.2, -0.15) is 0 Å². The summed E-state index contributed by atoms with van der Waals surface area (Å²) in [5, 5.41) is 4.04. The molecule has 1 aliphatic carbocycles. The highest BCUT2D eigenvalue weighted by molar-refractivity contribution is 8.00. The van der Waals surface area contributed by atoms with E-state index in [0.717, 1.165) is 18.5 Å². The summed E-state index contributed by atoms with van der Waals surface area (Å²) in [6.07, 6.45) is 3.67. The Kier molecular flexibility index (Phi) is 4.46. The molecular weight excluding hydrogens is 233 g/mol. The van der Waals surface area contributed by atoms with Crippen molar-refractivity contribution in [3.63, 3.8) is 0 Å². The van der Waals surface area contributed by atoms with E-state index < -0.39 is 0 Å². The quantitative estimate of drug-likeness (QED) is 0.770. The molecule has 3 heteroatoms. The van der Waals surface area contributed by atoms with Gasteiger partial charge in [-0.05, 0) is 43.0 Å². The van der Waals surface area contributed by atoms with Crippen molar-refractivity contribution in [3.05, 3.63) is 29.6 Å². The van der Waals surface area contributed by atoms with Gasteiger partial charge >= 0.3 is 0 Å². The Morgan fingerprint density at radius 1 is 1.47 bits per heavy atom. The van der Waals surface area contributed by atoms with E-state index >= 15 is 0 Å². The fraction of sp³-hybridized carbons (Fsp3) is 0.571. The zero-order chi connectivity index (χ0) is 12.3. The van der Waals surface area contributed by atoms with Gasteiger partial charge in [-0.3, -0.25) is 0 Å². The topological polar surface area (TPSA) is 12.0 Å². The Labute approximate surface area is 107 Å². The summed E-state index contributed by atoms with van der Waals surface area (Å²) in [5.74, 6) is -0.133. The molecule has 0 heterocycles. The molecule has 1 saturated carbocycles. The molecule has 1 N–H and O–H groups in total. The van der Waals surface area contributed by atoms with Crippen molar-refractivity contribution in [3.8, 4) is 0 Å². The second kappa shape index (κ2) is 5.87. The number of benzene rings is 1. The molecule has 0 spiro atoms. The Bertz CT molecular complexity index is 376. The van der Waals surface area contributed by atoms with Crippen LogP contribution >= 0.6 is 11.8 Å². The molecule has 0 saturated heterocycles. The zero-order valence-corrected chi connectivity index (χ0v) is 11.3. The highest BCUT2D eigenvalue weighted by Gasteiger charge is 2.20. The fourth-order valence-electron chi connectivity index (χ4n) is 1.64. The van der Waals surface area contributed by atoms with Crippen LogP contribution in [-0.2, 0) is 6.54 Å². The molecule has 0 radical (unpaired) electrons. The molecule has 1 aromatic carbocycles. The first-order valence-electron chi connectivity index (χ1n) is 6.37. The number of hydrogen-bond acceptors (Lipinski definition) is 2. The van der Waals surface area contributed by atoms with Crippen molar-refractivity contribution in [2.24, 2.45) is 0 Å². The molecule has 1 nitrogen and oxygen atoms in total. The Morgan fingerprint density at radius 2 is 2.24 bits per heavy atom. The van der Waals surface area contributed by atoms with Crippen LogP contribution in [0.25, 0.3) is 0 Å². The van der Waals surface area contributed by atoms with E-state index in [-0.39, 0.29) is 5.82 Å². The summed E-state index contributed by atoms with van der Waals surface area (Å²) < 4.78 is 13.3. The molecule has 0 aromatic heterocycles. The lowest BCUT2D eigenvalue weighted by Gasteiger charge is -2.13. The van der Waals surface area contributed by atoms with E-state index in [1.54, 1.807) is 12.1 Å². The van der Waals surface area contributed by atoms with Gasteiger partial charge in [0.05, 0.1) is 0 Å². The van der Waals surface area contributed by atoms with Crippen LogP contribution in [0.4, 0.5) is 4.39 Å². The lowest BCUT2D eigenvalue weighted by atomic mass is 10.2. The molecule has 1 unspecified atom stereocenters. The molecule has 1 aliphatic rings. The second-order valence-corrected chi connectivity index (χ2v) is 6.22. The summed E-state index contributed by atoms with van der Waals surface area (Å²) in [4.78, 5) is 1.22. The van der Waals surface area contributed by atoms with Crippen molar-refractivity contribution < 1.29 is 4.39 Å². The van der Waals surface area contributed by atoms with Crippen LogP contribution in [0.15, 0.2) is 23.1 Å². The molecular formula is C14H20FNS. The van der Waals surface area contributed by atoms with Crippen LogP contribution in [0, 0.1) is 5.82 Å². The SMILES string of the molecule is CCC(C)Sc1ccc(F)cc1CNC1CC1. The van der Waals surface area contributed by atoms with E-state index in [1.807, 2.05) is 17.8 Å². The standard InChI is InChI=1S/C14H20FNS/c1-3-10(2)17-14-7-4-12(15)8-11(14)9-16-13-5-6-13/h4,7-8,10,13,16H,3,5-6,9H2,1-2H3. The van der Waals surface area contributed by atoms with Gasteiger partial charge in [-0.25, -0.2) is 4.39 Å². The van der Waals surface area contributed by atoms with Crippen LogP contribution in [0.5, 0.6) is 0 Å². The number of halogens is 1. The van der Waals surface area contributed by atoms with Crippen LogP contribution < -0.4 is 5.32 Å². The van der Waals surface area contributed by atoms with Gasteiger partial charge in [-0.1, -0.05) is 13.8 Å². The van der Waals surface area contributed by atoms with Gasteiger partial charge < -0.3 is 5.32 Å². The van der Waals surface area contributed by atoms with E-state index in [0.29, 0.717) is 11.3 Å². The highest BCUT2D eigenvalue weighted by Crippen LogP contribution is 2.29. The molecule has 1 atom stereocenters. The predicted octanol–water partition coefficient (Wildman–Crippen LogP) is 3.97. The Balaban J connectivity index is 2.05. The van der Waals surface area contributed by atoms with Crippen molar-refractivity contribution in [2.45, 2.75) is 55.8 Å². The molecule has 1 fully saturated rings. The van der Waals surface area contributed by atoms with Gasteiger partial charge in [-0.15, -0.1) is 11.8 Å². The zero-order valence-electron chi connectivity index (χ0n) is 10.5. The smallest absolute Gasteiger partial charge is 0.123 e. The van der Waals surface area contributed by atoms with Gasteiger partial charge in [0.2, 0.25) is 0 Å². The number of rotatable bonds is 6. The van der Waals surface area contributed by atoms with Crippen molar-refractivity contribution >= 4 is 11.8 Å². The highest BCUT2D eigenvalue weighted by atomic mass is 32.2. The molecule has 0 aliphatic heterocycles. The number of hydrogen-bond donors (Lipinski definition) is 1. The molecule has 94 valence electrons. The molecule has 2 rings (SSSR count). The lowest BCUT2D eigenvalue weighted by molar-refractivity contribution is 0.616. The first-order valence-corrected chi connectivity index (χ1v) is 7.25. The van der Waals surface area contributed by atoms with Crippen LogP contribution in [0.2, 0.25) is 0 Å². The summed E-state index contributed by atoms with van der Waals surface area (Å²) in [5.41, 5.74) is 1.10. The van der Waals surface area contributed by atoms with Crippen LogP contribution in [0.1, 0.15) is 38.7 Å². The summed E-state index contributed by atoms with van der Waals surface area (Å²) in [6.45, 7) is 5.19. The minimum absolute atomic E-state index is 0.133.